The standard InChI is InChI=1S/C12H13NOS3/c1-3-8(2)13-11(14)10(17-12(13)15)7-9-5-4-6-16-9/h4-8H,3H2,1-2H3/b10-7-/t8-/m0/s1. The Morgan fingerprint density at radius 1 is 1.59 bits per heavy atom. The van der Waals surface area contributed by atoms with Crippen molar-refractivity contribution < 1.29 is 4.79 Å². The van der Waals surface area contributed by atoms with Crippen LogP contribution in [-0.2, 0) is 4.79 Å². The third-order valence-electron chi connectivity index (χ3n) is 2.67. The van der Waals surface area contributed by atoms with E-state index in [4.69, 9.17) is 12.2 Å². The zero-order chi connectivity index (χ0) is 12.4. The number of carbonyl (C=O) groups excluding carboxylic acids is 1. The Morgan fingerprint density at radius 3 is 2.94 bits per heavy atom. The van der Waals surface area contributed by atoms with E-state index in [9.17, 15) is 4.79 Å². The molecule has 0 aliphatic carbocycles. The molecular weight excluding hydrogens is 270 g/mol. The molecule has 5 heteroatoms. The van der Waals surface area contributed by atoms with Gasteiger partial charge in [0.15, 0.2) is 0 Å². The molecule has 1 saturated heterocycles. The summed E-state index contributed by atoms with van der Waals surface area (Å²) in [6.07, 6.45) is 2.84. The predicted octanol–water partition coefficient (Wildman–Crippen LogP) is 3.75. The van der Waals surface area contributed by atoms with Gasteiger partial charge >= 0.3 is 0 Å². The number of thioether (sulfide) groups is 1. The molecule has 2 heterocycles. The number of thiocarbonyl (C=S) groups is 1. The van der Waals surface area contributed by atoms with Crippen LogP contribution >= 0.6 is 35.3 Å². The van der Waals surface area contributed by atoms with E-state index in [1.165, 1.54) is 11.8 Å². The van der Waals surface area contributed by atoms with Gasteiger partial charge in [0.1, 0.15) is 4.32 Å². The van der Waals surface area contributed by atoms with E-state index >= 15 is 0 Å². The molecule has 0 saturated carbocycles. The van der Waals surface area contributed by atoms with Gasteiger partial charge < -0.3 is 0 Å². The topological polar surface area (TPSA) is 20.3 Å². The second-order valence-electron chi connectivity index (χ2n) is 3.82. The first-order valence-electron chi connectivity index (χ1n) is 5.44. The summed E-state index contributed by atoms with van der Waals surface area (Å²) in [5.41, 5.74) is 0. The minimum absolute atomic E-state index is 0.0442. The van der Waals surface area contributed by atoms with Crippen LogP contribution in [0.5, 0.6) is 0 Å². The Hall–Kier alpha value is -0.650. The van der Waals surface area contributed by atoms with Crippen molar-refractivity contribution in [1.29, 1.82) is 0 Å². The average Bonchev–Trinajstić information content (AvgIpc) is 2.89. The second-order valence-corrected chi connectivity index (χ2v) is 6.48. The fourth-order valence-electron chi connectivity index (χ4n) is 1.55. The van der Waals surface area contributed by atoms with Crippen LogP contribution in [0.1, 0.15) is 25.1 Å². The lowest BCUT2D eigenvalue weighted by molar-refractivity contribution is -0.123. The van der Waals surface area contributed by atoms with Crippen LogP contribution in [0, 0.1) is 0 Å². The predicted molar refractivity (Wildman–Crippen MR) is 79.1 cm³/mol. The third-order valence-corrected chi connectivity index (χ3v) is 4.82. The van der Waals surface area contributed by atoms with Crippen molar-refractivity contribution in [2.45, 2.75) is 26.3 Å². The number of carbonyl (C=O) groups is 1. The molecule has 0 radical (unpaired) electrons. The number of nitrogens with zero attached hydrogens (tertiary/aromatic N) is 1. The molecule has 1 aromatic rings. The van der Waals surface area contributed by atoms with Gasteiger partial charge in [0.05, 0.1) is 4.91 Å². The first-order chi connectivity index (χ1) is 8.13. The number of amides is 1. The first-order valence-corrected chi connectivity index (χ1v) is 7.54. The highest BCUT2D eigenvalue weighted by atomic mass is 32.2. The third kappa shape index (κ3) is 2.61. The van der Waals surface area contributed by atoms with E-state index in [-0.39, 0.29) is 11.9 Å². The normalized spacial score (nSPS) is 20.4. The average molecular weight is 283 g/mol. The molecule has 1 aliphatic rings. The molecule has 1 aliphatic heterocycles. The molecule has 17 heavy (non-hydrogen) atoms. The lowest BCUT2D eigenvalue weighted by Gasteiger charge is -2.21. The second kappa shape index (κ2) is 5.33. The Bertz CT molecular complexity index is 464. The minimum atomic E-state index is 0.0442. The number of rotatable bonds is 3. The van der Waals surface area contributed by atoms with E-state index in [0.29, 0.717) is 4.32 Å². The van der Waals surface area contributed by atoms with Crippen molar-refractivity contribution in [3.63, 3.8) is 0 Å². The Labute approximate surface area is 115 Å². The van der Waals surface area contributed by atoms with Gasteiger partial charge in [0.25, 0.3) is 5.91 Å². The molecule has 2 rings (SSSR count). The zero-order valence-corrected chi connectivity index (χ0v) is 12.1. The molecule has 2 nitrogen and oxygen atoms in total. The molecule has 1 fully saturated rings. The zero-order valence-electron chi connectivity index (χ0n) is 9.67. The van der Waals surface area contributed by atoms with Crippen molar-refractivity contribution >= 4 is 51.6 Å². The summed E-state index contributed by atoms with van der Waals surface area (Å²) in [5, 5.41) is 2.00. The quantitative estimate of drug-likeness (QED) is 0.622. The largest absolute Gasteiger partial charge is 0.290 e. The Kier molecular flexibility index (Phi) is 4.01. The van der Waals surface area contributed by atoms with Gasteiger partial charge in [0, 0.05) is 10.9 Å². The molecular formula is C12H13NOS3. The summed E-state index contributed by atoms with van der Waals surface area (Å²) in [7, 11) is 0. The fourth-order valence-corrected chi connectivity index (χ4v) is 3.73. The molecule has 1 amide bonds. The van der Waals surface area contributed by atoms with E-state index < -0.39 is 0 Å². The highest BCUT2D eigenvalue weighted by molar-refractivity contribution is 8.26. The highest BCUT2D eigenvalue weighted by Crippen LogP contribution is 2.34. The van der Waals surface area contributed by atoms with Crippen LogP contribution in [0.4, 0.5) is 0 Å². The molecule has 90 valence electrons. The van der Waals surface area contributed by atoms with Gasteiger partial charge in [-0.15, -0.1) is 11.3 Å². The first kappa shape index (κ1) is 12.8. The maximum absolute atomic E-state index is 12.2. The van der Waals surface area contributed by atoms with Crippen molar-refractivity contribution in [3.8, 4) is 0 Å². The highest BCUT2D eigenvalue weighted by Gasteiger charge is 2.34. The van der Waals surface area contributed by atoms with Gasteiger partial charge in [0.2, 0.25) is 0 Å². The monoisotopic (exact) mass is 283 g/mol. The van der Waals surface area contributed by atoms with Crippen LogP contribution < -0.4 is 0 Å². The molecule has 0 unspecified atom stereocenters. The van der Waals surface area contributed by atoms with Crippen LogP contribution in [0.2, 0.25) is 0 Å². The molecule has 0 spiro atoms. The number of hydrogen-bond donors (Lipinski definition) is 0. The number of thiophene rings is 1. The number of hydrogen-bond acceptors (Lipinski definition) is 4. The smallest absolute Gasteiger partial charge is 0.266 e. The van der Waals surface area contributed by atoms with Crippen molar-refractivity contribution in [3.05, 3.63) is 27.3 Å². The summed E-state index contributed by atoms with van der Waals surface area (Å²) in [6.45, 7) is 4.09. The Balaban J connectivity index is 2.24. The summed E-state index contributed by atoms with van der Waals surface area (Å²) in [5.74, 6) is 0.0442. The van der Waals surface area contributed by atoms with Crippen LogP contribution in [0.15, 0.2) is 22.4 Å². The fraction of sp³-hybridized carbons (Fsp3) is 0.333. The van der Waals surface area contributed by atoms with Crippen LogP contribution in [-0.4, -0.2) is 21.2 Å². The van der Waals surface area contributed by atoms with Crippen LogP contribution in [0.3, 0.4) is 0 Å². The minimum Gasteiger partial charge on any atom is -0.290 e. The van der Waals surface area contributed by atoms with Gasteiger partial charge in [-0.2, -0.15) is 0 Å². The van der Waals surface area contributed by atoms with Gasteiger partial charge in [-0.3, -0.25) is 9.69 Å². The van der Waals surface area contributed by atoms with E-state index in [1.807, 2.05) is 30.5 Å². The Morgan fingerprint density at radius 2 is 2.35 bits per heavy atom. The summed E-state index contributed by atoms with van der Waals surface area (Å²) in [4.78, 5) is 15.7. The van der Waals surface area contributed by atoms with Gasteiger partial charge in [-0.1, -0.05) is 37.0 Å². The van der Waals surface area contributed by atoms with Gasteiger partial charge in [-0.25, -0.2) is 0 Å². The summed E-state index contributed by atoms with van der Waals surface area (Å²) >= 11 is 8.29. The van der Waals surface area contributed by atoms with Crippen molar-refractivity contribution in [1.82, 2.24) is 4.90 Å². The molecule has 0 N–H and O–H groups in total. The summed E-state index contributed by atoms with van der Waals surface area (Å²) < 4.78 is 0.673. The van der Waals surface area contributed by atoms with Crippen molar-refractivity contribution in [2.24, 2.45) is 0 Å². The molecule has 1 atom stereocenters. The van der Waals surface area contributed by atoms with Crippen molar-refractivity contribution in [2.75, 3.05) is 0 Å². The maximum Gasteiger partial charge on any atom is 0.266 e. The SMILES string of the molecule is CC[C@H](C)N1C(=O)/C(=C/c2cccs2)SC1=S. The lowest BCUT2D eigenvalue weighted by Crippen LogP contribution is -2.36. The molecule has 1 aromatic heterocycles. The van der Waals surface area contributed by atoms with Gasteiger partial charge in [-0.05, 0) is 30.9 Å². The summed E-state index contributed by atoms with van der Waals surface area (Å²) in [6, 6.07) is 4.16. The van der Waals surface area contributed by atoms with E-state index in [0.717, 1.165) is 16.2 Å². The lowest BCUT2D eigenvalue weighted by atomic mass is 10.2. The van der Waals surface area contributed by atoms with E-state index in [1.54, 1.807) is 16.2 Å². The van der Waals surface area contributed by atoms with E-state index in [2.05, 4.69) is 6.92 Å². The molecule has 0 bridgehead atoms. The van der Waals surface area contributed by atoms with Crippen LogP contribution in [0.25, 0.3) is 6.08 Å². The molecule has 0 aromatic carbocycles. The maximum atomic E-state index is 12.2.